The topological polar surface area (TPSA) is 163 Å². The Morgan fingerprint density at radius 2 is 1.97 bits per heavy atom. The maximum Gasteiger partial charge on any atom is 0.501 e. The average Bonchev–Trinajstić information content (AvgIpc) is 3.21. The van der Waals surface area contributed by atoms with Crippen molar-refractivity contribution in [2.75, 3.05) is 18.5 Å². The van der Waals surface area contributed by atoms with Crippen LogP contribution in [0.4, 0.5) is 24.7 Å². The molecule has 3 atom stereocenters. The number of nitrogens with two attached hydrogens (primary N) is 1. The molecule has 1 aromatic heterocycles. The Hall–Kier alpha value is -3.15. The lowest BCUT2D eigenvalue weighted by Crippen LogP contribution is -2.39. The van der Waals surface area contributed by atoms with Crippen LogP contribution in [0.1, 0.15) is 35.7 Å². The number of anilines is 2. The van der Waals surface area contributed by atoms with Crippen molar-refractivity contribution in [1.82, 2.24) is 15.1 Å². The maximum absolute atomic E-state index is 12.7. The van der Waals surface area contributed by atoms with Gasteiger partial charge in [-0.1, -0.05) is 0 Å². The smallest absolute Gasteiger partial charge is 0.395 e. The Morgan fingerprint density at radius 3 is 2.53 bits per heavy atom. The van der Waals surface area contributed by atoms with E-state index in [0.29, 0.717) is 25.8 Å². The van der Waals surface area contributed by atoms with Gasteiger partial charge in [-0.05, 0) is 43.5 Å². The maximum atomic E-state index is 12.7. The summed E-state index contributed by atoms with van der Waals surface area (Å²) in [6.07, 6.45) is 3.21. The summed E-state index contributed by atoms with van der Waals surface area (Å²) in [4.78, 5) is 11.0. The minimum absolute atomic E-state index is 0.00390. The average molecular weight is 501 g/mol. The Labute approximate surface area is 193 Å². The second kappa shape index (κ2) is 10.00. The molecule has 14 heteroatoms. The zero-order valence-corrected chi connectivity index (χ0v) is 18.6. The number of nitriles is 1. The van der Waals surface area contributed by atoms with Crippen molar-refractivity contribution in [2.24, 2.45) is 11.7 Å². The summed E-state index contributed by atoms with van der Waals surface area (Å²) in [5.41, 5.74) is 0.209. The summed E-state index contributed by atoms with van der Waals surface area (Å²) < 4.78 is 62.7. The van der Waals surface area contributed by atoms with Crippen LogP contribution in [0.15, 0.2) is 35.4 Å². The molecule has 0 aliphatic heterocycles. The summed E-state index contributed by atoms with van der Waals surface area (Å²) >= 11 is 0. The van der Waals surface area contributed by atoms with E-state index in [1.165, 1.54) is 10.9 Å². The van der Waals surface area contributed by atoms with Crippen molar-refractivity contribution in [3.05, 3.63) is 36.0 Å². The minimum Gasteiger partial charge on any atom is -0.395 e. The molecule has 1 aromatic carbocycles. The number of nitrogens with zero attached hydrogens (tertiary/aromatic N) is 3. The number of benzene rings is 1. The molecule has 0 saturated heterocycles. The number of carbonyl (C=O) groups is 1. The van der Waals surface area contributed by atoms with Crippen LogP contribution in [-0.2, 0) is 9.84 Å². The van der Waals surface area contributed by atoms with Crippen LogP contribution in [0.5, 0.6) is 0 Å². The van der Waals surface area contributed by atoms with E-state index < -0.39 is 32.1 Å². The molecule has 2 aromatic rings. The summed E-state index contributed by atoms with van der Waals surface area (Å²) in [6, 6.07) is 5.77. The monoisotopic (exact) mass is 500 g/mol. The number of nitrogens with one attached hydrogen (secondary N) is 2. The van der Waals surface area contributed by atoms with Crippen LogP contribution in [0.3, 0.4) is 0 Å². The number of alkyl halides is 3. The molecule has 3 rings (SSSR count). The Kier molecular flexibility index (Phi) is 7.49. The second-order valence-electron chi connectivity index (χ2n) is 7.82. The van der Waals surface area contributed by atoms with Gasteiger partial charge in [-0.2, -0.15) is 23.5 Å². The van der Waals surface area contributed by atoms with Gasteiger partial charge in [-0.3, -0.25) is 9.48 Å². The normalized spacial score (nSPS) is 21.1. The fraction of sp³-hybridized carbons (Fsp3) is 0.450. The Morgan fingerprint density at radius 1 is 1.29 bits per heavy atom. The van der Waals surface area contributed by atoms with Crippen molar-refractivity contribution in [3.8, 4) is 6.07 Å². The van der Waals surface area contributed by atoms with Gasteiger partial charge in [-0.25, -0.2) is 8.42 Å². The lowest BCUT2D eigenvalue weighted by molar-refractivity contribution is -0.0436. The van der Waals surface area contributed by atoms with E-state index in [1.807, 2.05) is 0 Å². The number of carbonyl (C=O) groups excluding carboxylic acids is 1. The SMILES string of the molecule is N#CC1CC(NCCO)CC[C@@H]1n1cc(C(N)=O)c(Nc2ccc(S(=O)(=O)C(F)(F)F)cc2)n1. The molecule has 1 fully saturated rings. The van der Waals surface area contributed by atoms with Gasteiger partial charge in [0.15, 0.2) is 5.82 Å². The first-order valence-electron chi connectivity index (χ1n) is 10.3. The van der Waals surface area contributed by atoms with Crippen molar-refractivity contribution in [1.29, 1.82) is 5.26 Å². The zero-order valence-electron chi connectivity index (χ0n) is 17.8. The minimum atomic E-state index is -5.49. The molecule has 5 N–H and O–H groups in total. The number of aliphatic hydroxyl groups is 1. The number of aliphatic hydroxyl groups excluding tert-OH is 1. The molecular formula is C20H23F3N6O4S. The number of hydrogen-bond acceptors (Lipinski definition) is 8. The van der Waals surface area contributed by atoms with E-state index in [-0.39, 0.29) is 35.8 Å². The molecule has 1 heterocycles. The largest absolute Gasteiger partial charge is 0.501 e. The number of aromatic nitrogens is 2. The number of amides is 1. The van der Waals surface area contributed by atoms with Gasteiger partial charge in [0.25, 0.3) is 15.7 Å². The van der Waals surface area contributed by atoms with Crippen molar-refractivity contribution >= 4 is 27.2 Å². The molecule has 34 heavy (non-hydrogen) atoms. The van der Waals surface area contributed by atoms with Crippen LogP contribution < -0.4 is 16.4 Å². The molecular weight excluding hydrogens is 477 g/mol. The van der Waals surface area contributed by atoms with Gasteiger partial charge < -0.3 is 21.5 Å². The van der Waals surface area contributed by atoms with E-state index in [1.54, 1.807) is 0 Å². The first kappa shape index (κ1) is 25.5. The number of hydrogen-bond donors (Lipinski definition) is 4. The van der Waals surface area contributed by atoms with E-state index in [9.17, 15) is 31.6 Å². The summed E-state index contributed by atoms with van der Waals surface area (Å²) in [6.45, 7) is 0.397. The fourth-order valence-electron chi connectivity index (χ4n) is 3.89. The fourth-order valence-corrected chi connectivity index (χ4v) is 4.65. The number of primary amides is 1. The van der Waals surface area contributed by atoms with Crippen LogP contribution >= 0.6 is 0 Å². The van der Waals surface area contributed by atoms with Gasteiger partial charge in [0, 0.05) is 24.5 Å². The first-order valence-corrected chi connectivity index (χ1v) is 11.8. The van der Waals surface area contributed by atoms with Crippen LogP contribution in [0.2, 0.25) is 0 Å². The molecule has 10 nitrogen and oxygen atoms in total. The zero-order chi connectivity index (χ0) is 25.1. The first-order chi connectivity index (χ1) is 16.0. The highest BCUT2D eigenvalue weighted by Gasteiger charge is 2.46. The number of halogens is 3. The molecule has 0 spiro atoms. The molecule has 1 saturated carbocycles. The van der Waals surface area contributed by atoms with Gasteiger partial charge in [0.05, 0.1) is 29.5 Å². The molecule has 2 unspecified atom stereocenters. The second-order valence-corrected chi connectivity index (χ2v) is 9.77. The lowest BCUT2D eigenvalue weighted by atomic mass is 9.82. The van der Waals surface area contributed by atoms with Crippen LogP contribution in [-0.4, -0.2) is 53.9 Å². The highest BCUT2D eigenvalue weighted by Crippen LogP contribution is 2.35. The summed E-state index contributed by atoms with van der Waals surface area (Å²) in [7, 11) is -5.49. The highest BCUT2D eigenvalue weighted by atomic mass is 32.2. The van der Waals surface area contributed by atoms with Crippen molar-refractivity contribution < 1.29 is 31.5 Å². The van der Waals surface area contributed by atoms with Gasteiger partial charge in [0.2, 0.25) is 0 Å². The summed E-state index contributed by atoms with van der Waals surface area (Å²) in [5, 5.41) is 28.9. The number of rotatable bonds is 8. The molecule has 1 aliphatic rings. The third kappa shape index (κ3) is 5.32. The predicted molar refractivity (Wildman–Crippen MR) is 115 cm³/mol. The molecule has 0 radical (unpaired) electrons. The Balaban J connectivity index is 1.82. The Bertz CT molecular complexity index is 1170. The van der Waals surface area contributed by atoms with Crippen LogP contribution in [0, 0.1) is 17.2 Å². The number of sulfone groups is 1. The third-order valence-corrected chi connectivity index (χ3v) is 7.10. The molecule has 1 aliphatic carbocycles. The standard InChI is InChI=1S/C20H23F3N6O4S/c21-20(22,23)34(32,33)15-4-1-13(2-5-15)27-19-16(18(25)31)11-29(28-19)17-6-3-14(26-7-8-30)9-12(17)10-24/h1-2,4-5,11-12,14,17,26,30H,3,6-9H2,(H2,25,31)(H,27,28)/t12?,14?,17-/m0/s1. The molecule has 184 valence electrons. The van der Waals surface area contributed by atoms with E-state index in [4.69, 9.17) is 10.8 Å². The van der Waals surface area contributed by atoms with Gasteiger partial charge in [0.1, 0.15) is 5.56 Å². The highest BCUT2D eigenvalue weighted by molar-refractivity contribution is 7.92. The van der Waals surface area contributed by atoms with Crippen molar-refractivity contribution in [2.45, 2.75) is 41.7 Å². The van der Waals surface area contributed by atoms with E-state index in [0.717, 1.165) is 24.3 Å². The van der Waals surface area contributed by atoms with Crippen molar-refractivity contribution in [3.63, 3.8) is 0 Å². The predicted octanol–water partition coefficient (Wildman–Crippen LogP) is 1.83. The lowest BCUT2D eigenvalue weighted by Gasteiger charge is -2.33. The van der Waals surface area contributed by atoms with E-state index >= 15 is 0 Å². The molecule has 1 amide bonds. The van der Waals surface area contributed by atoms with E-state index in [2.05, 4.69) is 21.8 Å². The van der Waals surface area contributed by atoms with Gasteiger partial charge >= 0.3 is 5.51 Å². The quantitative estimate of drug-likeness (QED) is 0.427. The summed E-state index contributed by atoms with van der Waals surface area (Å²) in [5.74, 6) is -1.21. The van der Waals surface area contributed by atoms with Crippen LogP contribution in [0.25, 0.3) is 0 Å². The van der Waals surface area contributed by atoms with Gasteiger partial charge in [-0.15, -0.1) is 0 Å². The molecule has 0 bridgehead atoms. The third-order valence-electron chi connectivity index (χ3n) is 5.59.